The summed E-state index contributed by atoms with van der Waals surface area (Å²) in [5, 5.41) is 0. The summed E-state index contributed by atoms with van der Waals surface area (Å²) in [7, 11) is 0. The van der Waals surface area contributed by atoms with Crippen LogP contribution in [-0.2, 0) is 26.4 Å². The molecule has 3 amide bonds. The van der Waals surface area contributed by atoms with Gasteiger partial charge in [0.1, 0.15) is 6.73 Å². The van der Waals surface area contributed by atoms with Crippen LogP contribution in [0.1, 0.15) is 36.0 Å². The Kier molecular flexibility index (Phi) is 6.43. The lowest BCUT2D eigenvalue weighted by atomic mass is 9.81. The van der Waals surface area contributed by atoms with E-state index in [0.717, 1.165) is 36.0 Å². The number of nitrogens with zero attached hydrogens (tertiary/aromatic N) is 2. The van der Waals surface area contributed by atoms with Gasteiger partial charge >= 0.3 is 6.03 Å². The third-order valence-corrected chi connectivity index (χ3v) is 6.52. The number of amides is 3. The SMILES string of the molecule is O=C1N(COC2CCCCO2)C(=O)C(c2ccccc2)(c2ccccc2)N1Cc1ccccc1. The number of hydrogen-bond donors (Lipinski definition) is 0. The fourth-order valence-electron chi connectivity index (χ4n) is 4.84. The average Bonchev–Trinajstić information content (AvgIpc) is 3.11. The van der Waals surface area contributed by atoms with Gasteiger partial charge in [-0.2, -0.15) is 0 Å². The molecule has 2 fully saturated rings. The summed E-state index contributed by atoms with van der Waals surface area (Å²) in [5.74, 6) is -0.318. The topological polar surface area (TPSA) is 59.1 Å². The molecule has 174 valence electrons. The van der Waals surface area contributed by atoms with E-state index in [0.29, 0.717) is 6.61 Å². The Bertz CT molecular complexity index is 1080. The second-order valence-corrected chi connectivity index (χ2v) is 8.62. The van der Waals surface area contributed by atoms with Gasteiger partial charge in [0, 0.05) is 13.2 Å². The highest BCUT2D eigenvalue weighted by Gasteiger charge is 2.59. The number of urea groups is 1. The Balaban J connectivity index is 1.59. The van der Waals surface area contributed by atoms with Gasteiger partial charge in [0.05, 0.1) is 0 Å². The Labute approximate surface area is 199 Å². The first-order valence-corrected chi connectivity index (χ1v) is 11.7. The van der Waals surface area contributed by atoms with Crippen molar-refractivity contribution in [3.8, 4) is 0 Å². The first kappa shape index (κ1) is 22.3. The van der Waals surface area contributed by atoms with Crippen LogP contribution in [0.2, 0.25) is 0 Å². The smallest absolute Gasteiger partial charge is 0.330 e. The minimum Gasteiger partial charge on any atom is -0.353 e. The van der Waals surface area contributed by atoms with Crippen molar-refractivity contribution in [2.24, 2.45) is 0 Å². The van der Waals surface area contributed by atoms with Crippen LogP contribution in [-0.4, -0.2) is 41.4 Å². The summed E-state index contributed by atoms with van der Waals surface area (Å²) in [6.07, 6.45) is 2.36. The van der Waals surface area contributed by atoms with Gasteiger partial charge in [-0.15, -0.1) is 0 Å². The summed E-state index contributed by atoms with van der Waals surface area (Å²) in [5.41, 5.74) is 1.13. The molecule has 2 heterocycles. The van der Waals surface area contributed by atoms with Crippen molar-refractivity contribution in [3.63, 3.8) is 0 Å². The molecule has 5 rings (SSSR count). The molecule has 6 nitrogen and oxygen atoms in total. The lowest BCUT2D eigenvalue weighted by Crippen LogP contribution is -2.47. The molecular weight excluding hydrogens is 428 g/mol. The molecule has 3 aromatic carbocycles. The van der Waals surface area contributed by atoms with Gasteiger partial charge in [0.25, 0.3) is 5.91 Å². The lowest BCUT2D eigenvalue weighted by Gasteiger charge is -2.36. The van der Waals surface area contributed by atoms with E-state index in [1.165, 1.54) is 4.90 Å². The van der Waals surface area contributed by atoms with Gasteiger partial charge in [0.15, 0.2) is 11.8 Å². The van der Waals surface area contributed by atoms with Crippen molar-refractivity contribution in [2.75, 3.05) is 13.3 Å². The van der Waals surface area contributed by atoms with Crippen LogP contribution in [0.25, 0.3) is 0 Å². The molecule has 3 aromatic rings. The van der Waals surface area contributed by atoms with E-state index < -0.39 is 11.8 Å². The number of imide groups is 1. The maximum absolute atomic E-state index is 14.3. The first-order chi connectivity index (χ1) is 16.7. The Morgan fingerprint density at radius 1 is 0.824 bits per heavy atom. The second-order valence-electron chi connectivity index (χ2n) is 8.62. The van der Waals surface area contributed by atoms with Gasteiger partial charge in [-0.25, -0.2) is 9.69 Å². The van der Waals surface area contributed by atoms with Gasteiger partial charge in [-0.3, -0.25) is 9.69 Å². The number of carbonyl (C=O) groups is 2. The van der Waals surface area contributed by atoms with Crippen molar-refractivity contribution >= 4 is 11.9 Å². The maximum Gasteiger partial charge on any atom is 0.330 e. The summed E-state index contributed by atoms with van der Waals surface area (Å²) in [6, 6.07) is 28.4. The molecule has 2 aliphatic heterocycles. The van der Waals surface area contributed by atoms with E-state index in [1.54, 1.807) is 4.90 Å². The highest BCUT2D eigenvalue weighted by Crippen LogP contribution is 2.44. The highest BCUT2D eigenvalue weighted by atomic mass is 16.7. The predicted molar refractivity (Wildman–Crippen MR) is 127 cm³/mol. The fourth-order valence-corrected chi connectivity index (χ4v) is 4.84. The molecule has 0 radical (unpaired) electrons. The van der Waals surface area contributed by atoms with Crippen LogP contribution in [0.15, 0.2) is 91.0 Å². The van der Waals surface area contributed by atoms with Crippen LogP contribution >= 0.6 is 0 Å². The van der Waals surface area contributed by atoms with Crippen LogP contribution in [0.4, 0.5) is 4.79 Å². The molecule has 0 bridgehead atoms. The number of rotatable bonds is 7. The van der Waals surface area contributed by atoms with Crippen LogP contribution in [0.3, 0.4) is 0 Å². The minimum absolute atomic E-state index is 0.144. The van der Waals surface area contributed by atoms with E-state index in [2.05, 4.69) is 0 Å². The lowest BCUT2D eigenvalue weighted by molar-refractivity contribution is -0.181. The number of benzene rings is 3. The molecule has 1 atom stereocenters. The van der Waals surface area contributed by atoms with E-state index >= 15 is 0 Å². The van der Waals surface area contributed by atoms with E-state index in [9.17, 15) is 9.59 Å². The molecular formula is C28H28N2O4. The standard InChI is InChI=1S/C28H28N2O4/c31-26-28(23-14-6-2-7-15-23,24-16-8-3-9-17-24)30(20-22-12-4-1-5-13-22)27(32)29(26)21-34-25-18-10-11-19-33-25/h1-9,12-17,25H,10-11,18-21H2. The molecule has 1 unspecified atom stereocenters. The molecule has 2 aliphatic rings. The number of carbonyl (C=O) groups excluding carboxylic acids is 2. The molecule has 0 spiro atoms. The van der Waals surface area contributed by atoms with Crippen molar-refractivity contribution in [3.05, 3.63) is 108 Å². The maximum atomic E-state index is 14.3. The molecule has 2 saturated heterocycles. The van der Waals surface area contributed by atoms with E-state index in [4.69, 9.17) is 9.47 Å². The molecule has 0 saturated carbocycles. The zero-order chi connectivity index (χ0) is 23.4. The summed E-state index contributed by atoms with van der Waals surface area (Å²) in [6.45, 7) is 0.769. The van der Waals surface area contributed by atoms with E-state index in [-0.39, 0.29) is 25.2 Å². The van der Waals surface area contributed by atoms with E-state index in [1.807, 2.05) is 91.0 Å². The monoisotopic (exact) mass is 456 g/mol. The summed E-state index contributed by atoms with van der Waals surface area (Å²) >= 11 is 0. The number of hydrogen-bond acceptors (Lipinski definition) is 4. The van der Waals surface area contributed by atoms with Gasteiger partial charge in [-0.05, 0) is 36.0 Å². The van der Waals surface area contributed by atoms with Gasteiger partial charge in [-0.1, -0.05) is 91.0 Å². The minimum atomic E-state index is -1.30. The predicted octanol–water partition coefficient (Wildman–Crippen LogP) is 4.90. The highest BCUT2D eigenvalue weighted by molar-refractivity contribution is 6.09. The molecule has 6 heteroatoms. The Hall–Kier alpha value is -3.48. The molecule has 0 aliphatic carbocycles. The summed E-state index contributed by atoms with van der Waals surface area (Å²) < 4.78 is 11.6. The average molecular weight is 457 g/mol. The zero-order valence-electron chi connectivity index (χ0n) is 19.0. The molecule has 0 N–H and O–H groups in total. The third-order valence-electron chi connectivity index (χ3n) is 6.52. The Morgan fingerprint density at radius 3 is 1.97 bits per heavy atom. The van der Waals surface area contributed by atoms with Gasteiger partial charge < -0.3 is 9.47 Å². The van der Waals surface area contributed by atoms with Crippen LogP contribution in [0.5, 0.6) is 0 Å². The quantitative estimate of drug-likeness (QED) is 0.475. The summed E-state index contributed by atoms with van der Waals surface area (Å²) in [4.78, 5) is 31.0. The Morgan fingerprint density at radius 2 is 1.41 bits per heavy atom. The number of ether oxygens (including phenoxy) is 2. The van der Waals surface area contributed by atoms with Crippen LogP contribution < -0.4 is 0 Å². The first-order valence-electron chi connectivity index (χ1n) is 11.7. The fraction of sp³-hybridized carbons (Fsp3) is 0.286. The normalized spacial score (nSPS) is 20.1. The molecule has 0 aromatic heterocycles. The second kappa shape index (κ2) is 9.79. The van der Waals surface area contributed by atoms with Gasteiger partial charge in [0.2, 0.25) is 0 Å². The zero-order valence-corrected chi connectivity index (χ0v) is 19.0. The largest absolute Gasteiger partial charge is 0.353 e. The van der Waals surface area contributed by atoms with Crippen molar-refractivity contribution < 1.29 is 19.1 Å². The van der Waals surface area contributed by atoms with Crippen molar-refractivity contribution in [2.45, 2.75) is 37.6 Å². The van der Waals surface area contributed by atoms with Crippen molar-refractivity contribution in [1.29, 1.82) is 0 Å². The van der Waals surface area contributed by atoms with Crippen LogP contribution in [0, 0.1) is 0 Å². The van der Waals surface area contributed by atoms with Crippen molar-refractivity contribution in [1.82, 2.24) is 9.80 Å². The third kappa shape index (κ3) is 4.00. The molecule has 34 heavy (non-hydrogen) atoms.